The van der Waals surface area contributed by atoms with Gasteiger partial charge in [-0.3, -0.25) is 4.79 Å². The second-order valence-corrected chi connectivity index (χ2v) is 3.18. The number of hydrogen-bond acceptors (Lipinski definition) is 3. The van der Waals surface area contributed by atoms with Gasteiger partial charge in [0.2, 0.25) is 0 Å². The molecule has 4 nitrogen and oxygen atoms in total. The average molecular weight is 205 g/mol. The van der Waals surface area contributed by atoms with E-state index in [2.05, 4.69) is 0 Å². The molecule has 0 bridgehead atoms. The Bertz CT molecular complexity index is 476. The largest absolute Gasteiger partial charge is 0.463 e. The molecule has 0 amide bonds. The number of carbonyl (C=O) groups is 1. The van der Waals surface area contributed by atoms with Crippen LogP contribution in [-0.2, 0) is 22.7 Å². The molecule has 78 valence electrons. The van der Waals surface area contributed by atoms with E-state index in [1.54, 1.807) is 0 Å². The predicted octanol–water partition coefficient (Wildman–Crippen LogP) is 1.10. The molecule has 2 aromatic rings. The zero-order valence-electron chi connectivity index (χ0n) is 8.09. The number of nitrogens with zero attached hydrogens (tertiary/aromatic N) is 1. The smallest absolute Gasteiger partial charge is 0.293 e. The van der Waals surface area contributed by atoms with Crippen LogP contribution in [0.15, 0.2) is 30.5 Å². The van der Waals surface area contributed by atoms with E-state index >= 15 is 0 Å². The van der Waals surface area contributed by atoms with Crippen LogP contribution in [-0.4, -0.2) is 16.0 Å². The van der Waals surface area contributed by atoms with Crippen LogP contribution < -0.4 is 0 Å². The third-order valence-electron chi connectivity index (χ3n) is 2.33. The number of hydrogen-bond donors (Lipinski definition) is 1. The van der Waals surface area contributed by atoms with Gasteiger partial charge in [0, 0.05) is 17.5 Å². The van der Waals surface area contributed by atoms with Crippen molar-refractivity contribution >= 4 is 12.0 Å². The molecule has 0 unspecified atom stereocenters. The second-order valence-electron chi connectivity index (χ2n) is 3.18. The summed E-state index contributed by atoms with van der Waals surface area (Å²) in [5.41, 5.74) is 2.68. The monoisotopic (exact) mass is 205 g/mol. The number of aliphatic hydroxyl groups is 1. The quantitative estimate of drug-likeness (QED) is 0.760. The molecule has 2 rings (SSSR count). The van der Waals surface area contributed by atoms with Gasteiger partial charge in [0.05, 0.1) is 12.1 Å². The predicted molar refractivity (Wildman–Crippen MR) is 54.2 cm³/mol. The third-order valence-corrected chi connectivity index (χ3v) is 2.33. The minimum atomic E-state index is -0.0139. The van der Waals surface area contributed by atoms with Crippen molar-refractivity contribution in [3.63, 3.8) is 0 Å². The van der Waals surface area contributed by atoms with E-state index in [0.29, 0.717) is 6.47 Å². The number of aromatic nitrogens is 1. The van der Waals surface area contributed by atoms with Crippen molar-refractivity contribution in [2.24, 2.45) is 0 Å². The van der Waals surface area contributed by atoms with Crippen molar-refractivity contribution in [1.82, 2.24) is 4.40 Å². The average Bonchev–Trinajstić information content (AvgIpc) is 2.74. The number of rotatable bonds is 4. The van der Waals surface area contributed by atoms with Crippen molar-refractivity contribution in [2.75, 3.05) is 0 Å². The lowest BCUT2D eigenvalue weighted by Crippen LogP contribution is -1.99. The molecule has 0 aromatic carbocycles. The highest BCUT2D eigenvalue weighted by molar-refractivity contribution is 5.56. The van der Waals surface area contributed by atoms with Gasteiger partial charge in [-0.05, 0) is 18.2 Å². The zero-order chi connectivity index (χ0) is 10.7. The van der Waals surface area contributed by atoms with Crippen LogP contribution in [0, 0.1) is 0 Å². The lowest BCUT2D eigenvalue weighted by molar-refractivity contribution is -0.129. The van der Waals surface area contributed by atoms with Crippen LogP contribution in [0.3, 0.4) is 0 Å². The molecule has 2 aromatic heterocycles. The topological polar surface area (TPSA) is 50.9 Å². The van der Waals surface area contributed by atoms with E-state index in [-0.39, 0.29) is 13.2 Å². The third kappa shape index (κ3) is 1.71. The summed E-state index contributed by atoms with van der Waals surface area (Å²) < 4.78 is 6.59. The summed E-state index contributed by atoms with van der Waals surface area (Å²) in [6, 6.07) is 7.47. The molecule has 0 aliphatic heterocycles. The summed E-state index contributed by atoms with van der Waals surface area (Å²) in [5, 5.41) is 9.11. The van der Waals surface area contributed by atoms with Gasteiger partial charge >= 0.3 is 0 Å². The summed E-state index contributed by atoms with van der Waals surface area (Å²) in [4.78, 5) is 10.1. The molecule has 4 heteroatoms. The Morgan fingerprint density at radius 1 is 1.40 bits per heavy atom. The summed E-state index contributed by atoms with van der Waals surface area (Å²) in [7, 11) is 0. The summed E-state index contributed by atoms with van der Waals surface area (Å²) in [5.74, 6) is 0. The maximum atomic E-state index is 10.1. The van der Waals surface area contributed by atoms with Crippen molar-refractivity contribution in [2.45, 2.75) is 13.2 Å². The summed E-state index contributed by atoms with van der Waals surface area (Å²) >= 11 is 0. The van der Waals surface area contributed by atoms with E-state index in [0.717, 1.165) is 16.8 Å². The first-order valence-corrected chi connectivity index (χ1v) is 4.60. The van der Waals surface area contributed by atoms with Crippen LogP contribution in [0.4, 0.5) is 0 Å². The maximum absolute atomic E-state index is 10.1. The minimum Gasteiger partial charge on any atom is -0.463 e. The highest BCUT2D eigenvalue weighted by Gasteiger charge is 2.04. The number of carbonyl (C=O) groups excluding carboxylic acids is 1. The van der Waals surface area contributed by atoms with Gasteiger partial charge < -0.3 is 14.2 Å². The molecule has 0 saturated heterocycles. The van der Waals surface area contributed by atoms with Crippen LogP contribution in [0.1, 0.15) is 11.3 Å². The Balaban J connectivity index is 2.48. The zero-order valence-corrected chi connectivity index (χ0v) is 8.09. The van der Waals surface area contributed by atoms with Gasteiger partial charge in [0.15, 0.2) is 0 Å². The highest BCUT2D eigenvalue weighted by Crippen LogP contribution is 2.15. The van der Waals surface area contributed by atoms with Crippen molar-refractivity contribution in [1.29, 1.82) is 0 Å². The molecule has 0 fully saturated rings. The fraction of sp³-hybridized carbons (Fsp3) is 0.182. The SMILES string of the molecule is O=COCc1ccc(CO)n2cccc12. The molecule has 2 heterocycles. The Morgan fingerprint density at radius 2 is 2.27 bits per heavy atom. The van der Waals surface area contributed by atoms with Crippen molar-refractivity contribution in [3.8, 4) is 0 Å². The van der Waals surface area contributed by atoms with E-state index in [4.69, 9.17) is 9.84 Å². The van der Waals surface area contributed by atoms with Crippen LogP contribution in [0.25, 0.3) is 5.52 Å². The van der Waals surface area contributed by atoms with Gasteiger partial charge in [0.1, 0.15) is 6.61 Å². The van der Waals surface area contributed by atoms with Crippen LogP contribution >= 0.6 is 0 Å². The van der Waals surface area contributed by atoms with E-state index in [1.165, 1.54) is 0 Å². The first-order valence-electron chi connectivity index (χ1n) is 4.60. The Kier molecular flexibility index (Phi) is 2.69. The standard InChI is InChI=1S/C11H11NO3/c13-6-10-4-3-9(7-15-8-14)11-2-1-5-12(10)11/h1-5,8,13H,6-7H2. The number of ether oxygens (including phenoxy) is 1. The van der Waals surface area contributed by atoms with Crippen LogP contribution in [0.5, 0.6) is 0 Å². The van der Waals surface area contributed by atoms with Crippen molar-refractivity contribution < 1.29 is 14.6 Å². The van der Waals surface area contributed by atoms with Gasteiger partial charge in [-0.1, -0.05) is 6.07 Å². The number of aliphatic hydroxyl groups excluding tert-OH is 1. The second kappa shape index (κ2) is 4.14. The highest BCUT2D eigenvalue weighted by atomic mass is 16.5. The first kappa shape index (κ1) is 9.73. The van der Waals surface area contributed by atoms with Gasteiger partial charge in [-0.25, -0.2) is 0 Å². The van der Waals surface area contributed by atoms with E-state index in [9.17, 15) is 4.79 Å². The molecule has 0 atom stereocenters. The molecule has 0 spiro atoms. The van der Waals surface area contributed by atoms with E-state index < -0.39 is 0 Å². The molecule has 15 heavy (non-hydrogen) atoms. The Hall–Kier alpha value is -1.81. The first-order chi connectivity index (χ1) is 7.36. The molecular formula is C11H11NO3. The molecule has 1 N–H and O–H groups in total. The van der Waals surface area contributed by atoms with Crippen LogP contribution in [0.2, 0.25) is 0 Å². The maximum Gasteiger partial charge on any atom is 0.293 e. The fourth-order valence-corrected chi connectivity index (χ4v) is 1.63. The molecular weight excluding hydrogens is 194 g/mol. The lowest BCUT2D eigenvalue weighted by Gasteiger charge is -2.07. The summed E-state index contributed by atoms with van der Waals surface area (Å²) in [6.07, 6.45) is 1.87. The molecule has 0 aliphatic carbocycles. The van der Waals surface area contributed by atoms with E-state index in [1.807, 2.05) is 34.9 Å². The number of fused-ring (bicyclic) bond motifs is 1. The molecule has 0 radical (unpaired) electrons. The van der Waals surface area contributed by atoms with Gasteiger partial charge in [0.25, 0.3) is 6.47 Å². The normalized spacial score (nSPS) is 10.5. The minimum absolute atomic E-state index is 0.0139. The van der Waals surface area contributed by atoms with Gasteiger partial charge in [-0.15, -0.1) is 0 Å². The Morgan fingerprint density at radius 3 is 3.00 bits per heavy atom. The van der Waals surface area contributed by atoms with Crippen molar-refractivity contribution in [3.05, 3.63) is 41.7 Å². The molecule has 0 saturated carbocycles. The molecule has 0 aliphatic rings. The summed E-state index contributed by atoms with van der Waals surface area (Å²) in [6.45, 7) is 0.669. The number of pyridine rings is 1. The lowest BCUT2D eigenvalue weighted by atomic mass is 10.2. The fourth-order valence-electron chi connectivity index (χ4n) is 1.63. The Labute approximate surface area is 86.7 Å². The van der Waals surface area contributed by atoms with Gasteiger partial charge in [-0.2, -0.15) is 0 Å².